The summed E-state index contributed by atoms with van der Waals surface area (Å²) in [5.41, 5.74) is 0. The second-order valence-electron chi connectivity index (χ2n) is 0.742. The van der Waals surface area contributed by atoms with Crippen LogP contribution in [0.5, 0.6) is 0 Å². The molecule has 0 fully saturated rings. The van der Waals surface area contributed by atoms with Gasteiger partial charge in [-0.25, -0.2) is 0 Å². The molecule has 0 rings (SSSR count). The summed E-state index contributed by atoms with van der Waals surface area (Å²) in [4.78, 5) is 0. The molecule has 0 amide bonds. The van der Waals surface area contributed by atoms with Crippen molar-refractivity contribution in [3.05, 3.63) is 0 Å². The minimum atomic E-state index is -0.611. The Morgan fingerprint density at radius 2 is 1.40 bits per heavy atom. The van der Waals surface area contributed by atoms with E-state index in [9.17, 15) is 4.21 Å². The van der Waals surface area contributed by atoms with Crippen molar-refractivity contribution >= 4 is 10.8 Å². The predicted molar refractivity (Wildman–Crippen MR) is 20.0 cm³/mol. The largest absolute Gasteiger partial charge is 0.260 e. The van der Waals surface area contributed by atoms with Crippen LogP contribution in [0, 0.1) is 0 Å². The van der Waals surface area contributed by atoms with Gasteiger partial charge in [0.05, 0.1) is 0 Å². The van der Waals surface area contributed by atoms with Crippen LogP contribution in [0.3, 0.4) is 0 Å². The van der Waals surface area contributed by atoms with Crippen molar-refractivity contribution in [2.75, 3.05) is 12.5 Å². The van der Waals surface area contributed by atoms with Crippen LogP contribution in [0.2, 0.25) is 0 Å². The molecule has 0 heterocycles. The summed E-state index contributed by atoms with van der Waals surface area (Å²) in [5.74, 6) is 0. The van der Waals surface area contributed by atoms with Crippen LogP contribution in [0.1, 0.15) is 0 Å². The Hall–Kier alpha value is 0.669. The molecule has 0 aromatic carbocycles. The Balaban J connectivity index is 0. The summed E-state index contributed by atoms with van der Waals surface area (Å²) in [5, 5.41) is 0. The molecule has 0 saturated heterocycles. The summed E-state index contributed by atoms with van der Waals surface area (Å²) in [7, 11) is -0.611. The topological polar surface area (TPSA) is 17.1 Å². The predicted octanol–water partition coefficient (Wildman–Crippen LogP) is -0.00780. The third kappa shape index (κ3) is 74.2. The van der Waals surface area contributed by atoms with E-state index >= 15 is 0 Å². The van der Waals surface area contributed by atoms with Gasteiger partial charge in [0.25, 0.3) is 0 Å². The van der Waals surface area contributed by atoms with Crippen molar-refractivity contribution in [3.8, 4) is 0 Å². The molecular formula is C2H6FeOS. The molecule has 3 heteroatoms. The molecule has 5 heavy (non-hydrogen) atoms. The molecule has 0 radical (unpaired) electrons. The van der Waals surface area contributed by atoms with Crippen LogP contribution in [0.15, 0.2) is 0 Å². The third-order valence-corrected chi connectivity index (χ3v) is 0. The van der Waals surface area contributed by atoms with Gasteiger partial charge in [-0.15, -0.1) is 0 Å². The van der Waals surface area contributed by atoms with Gasteiger partial charge in [-0.2, -0.15) is 0 Å². The molecule has 0 spiro atoms. The van der Waals surface area contributed by atoms with Gasteiger partial charge in [-0.05, 0) is 0 Å². The van der Waals surface area contributed by atoms with Crippen LogP contribution in [-0.2, 0) is 27.9 Å². The Labute approximate surface area is 45.1 Å². The quantitative estimate of drug-likeness (QED) is 0.426. The van der Waals surface area contributed by atoms with Crippen molar-refractivity contribution in [1.29, 1.82) is 0 Å². The minimum absolute atomic E-state index is 0. The zero-order valence-electron chi connectivity index (χ0n) is 3.17. The summed E-state index contributed by atoms with van der Waals surface area (Å²) < 4.78 is 9.56. The number of hydrogen-bond donors (Lipinski definition) is 0. The van der Waals surface area contributed by atoms with Crippen LogP contribution in [-0.4, -0.2) is 16.7 Å². The van der Waals surface area contributed by atoms with Crippen molar-refractivity contribution in [2.45, 2.75) is 0 Å². The smallest absolute Gasteiger partial charge is 0.0148 e. The second-order valence-corrected chi connectivity index (χ2v) is 2.22. The van der Waals surface area contributed by atoms with Gasteiger partial charge >= 0.3 is 0 Å². The maximum absolute atomic E-state index is 9.56. The molecule has 0 aromatic heterocycles. The van der Waals surface area contributed by atoms with Gasteiger partial charge in [-0.1, -0.05) is 0 Å². The summed E-state index contributed by atoms with van der Waals surface area (Å²) in [6.07, 6.45) is 3.28. The van der Waals surface area contributed by atoms with Gasteiger partial charge in [0, 0.05) is 40.4 Å². The standard InChI is InChI=1S/C2H6OS.Fe/c1-4(2)3;/h1-2H3;. The van der Waals surface area contributed by atoms with E-state index in [-0.39, 0.29) is 17.1 Å². The first kappa shape index (κ1) is 9.18. The first-order chi connectivity index (χ1) is 1.73. The van der Waals surface area contributed by atoms with Crippen LogP contribution in [0.4, 0.5) is 0 Å². The molecule has 34 valence electrons. The van der Waals surface area contributed by atoms with E-state index < -0.39 is 10.8 Å². The van der Waals surface area contributed by atoms with E-state index in [1.54, 1.807) is 12.5 Å². The van der Waals surface area contributed by atoms with E-state index in [1.165, 1.54) is 0 Å². The fourth-order valence-electron chi connectivity index (χ4n) is 0. The van der Waals surface area contributed by atoms with Crippen LogP contribution >= 0.6 is 0 Å². The first-order valence-electron chi connectivity index (χ1n) is 0.983. The van der Waals surface area contributed by atoms with Crippen LogP contribution in [0.25, 0.3) is 0 Å². The molecule has 0 aliphatic carbocycles. The molecule has 0 N–H and O–H groups in total. The third-order valence-electron chi connectivity index (χ3n) is 0. The molecule has 0 aliphatic rings. The second kappa shape index (κ2) is 4.67. The summed E-state index contributed by atoms with van der Waals surface area (Å²) >= 11 is 0. The molecule has 0 aliphatic heterocycles. The molecule has 0 atom stereocenters. The average Bonchev–Trinajstić information content (AvgIpc) is 0.811. The average molecular weight is 134 g/mol. The monoisotopic (exact) mass is 134 g/mol. The van der Waals surface area contributed by atoms with Crippen molar-refractivity contribution in [1.82, 2.24) is 0 Å². The van der Waals surface area contributed by atoms with Gasteiger partial charge in [-0.3, -0.25) is 4.21 Å². The van der Waals surface area contributed by atoms with Crippen LogP contribution < -0.4 is 0 Å². The van der Waals surface area contributed by atoms with Gasteiger partial charge in [0.1, 0.15) is 0 Å². The zero-order chi connectivity index (χ0) is 3.58. The molecular weight excluding hydrogens is 128 g/mol. The fraction of sp³-hybridized carbons (Fsp3) is 1.00. The number of hydrogen-bond acceptors (Lipinski definition) is 1. The van der Waals surface area contributed by atoms with Gasteiger partial charge in [0.15, 0.2) is 0 Å². The maximum Gasteiger partial charge on any atom is 0.0148 e. The molecule has 0 aromatic rings. The SMILES string of the molecule is CS(C)=O.[Fe]. The van der Waals surface area contributed by atoms with E-state index in [0.717, 1.165) is 0 Å². The minimum Gasteiger partial charge on any atom is -0.260 e. The Kier molecular flexibility index (Phi) is 8.57. The Morgan fingerprint density at radius 1 is 1.40 bits per heavy atom. The first-order valence-corrected chi connectivity index (χ1v) is 2.95. The van der Waals surface area contributed by atoms with Crippen molar-refractivity contribution in [3.63, 3.8) is 0 Å². The van der Waals surface area contributed by atoms with E-state index in [0.29, 0.717) is 0 Å². The van der Waals surface area contributed by atoms with Gasteiger partial charge in [0.2, 0.25) is 0 Å². The Bertz CT molecular complexity index is 32.6. The van der Waals surface area contributed by atoms with E-state index in [4.69, 9.17) is 0 Å². The zero-order valence-corrected chi connectivity index (χ0v) is 5.09. The van der Waals surface area contributed by atoms with Crippen molar-refractivity contribution in [2.24, 2.45) is 0 Å². The van der Waals surface area contributed by atoms with E-state index in [1.807, 2.05) is 0 Å². The van der Waals surface area contributed by atoms with E-state index in [2.05, 4.69) is 0 Å². The Morgan fingerprint density at radius 3 is 1.40 bits per heavy atom. The number of rotatable bonds is 0. The molecule has 0 saturated carbocycles. The van der Waals surface area contributed by atoms with Gasteiger partial charge < -0.3 is 0 Å². The summed E-state index contributed by atoms with van der Waals surface area (Å²) in [6.45, 7) is 0. The van der Waals surface area contributed by atoms with Crippen molar-refractivity contribution < 1.29 is 21.3 Å². The molecule has 1 nitrogen and oxygen atoms in total. The molecule has 0 unspecified atom stereocenters. The maximum atomic E-state index is 9.56. The fourth-order valence-corrected chi connectivity index (χ4v) is 0. The normalized spacial score (nSPS) is 7.00. The summed E-state index contributed by atoms with van der Waals surface area (Å²) in [6, 6.07) is 0. The molecule has 0 bridgehead atoms.